The molecular weight excluding hydrogens is 328 g/mol. The van der Waals surface area contributed by atoms with E-state index in [4.69, 9.17) is 21.2 Å². The van der Waals surface area contributed by atoms with E-state index in [1.54, 1.807) is 0 Å². The first-order chi connectivity index (χ1) is 9.24. The molecule has 1 atom stereocenters. The molecule has 1 heterocycles. The fourth-order valence-electron chi connectivity index (χ4n) is 1.87. The average Bonchev–Trinajstić information content (AvgIpc) is 2.30. The lowest BCUT2D eigenvalue weighted by atomic mass is 10.5. The summed E-state index contributed by atoms with van der Waals surface area (Å²) in [6.45, 7) is 11.8. The fourth-order valence-corrected chi connectivity index (χ4v) is 15.7. The average molecular weight is 353 g/mol. The molecule has 1 fully saturated rings. The summed E-state index contributed by atoms with van der Waals surface area (Å²) in [6, 6.07) is 0.794. The van der Waals surface area contributed by atoms with E-state index in [1.165, 1.54) is 0 Å². The molecule has 0 aromatic rings. The van der Waals surface area contributed by atoms with Crippen molar-refractivity contribution in [1.29, 1.82) is 0 Å². The summed E-state index contributed by atoms with van der Waals surface area (Å²) in [5, 5.41) is 0. The number of carbonyl (C=O) groups excluding carboxylic acids is 1. The van der Waals surface area contributed by atoms with Gasteiger partial charge in [0.05, 0.1) is 6.61 Å². The van der Waals surface area contributed by atoms with Crippen LogP contribution in [-0.2, 0) is 26.0 Å². The number of rotatable bonds is 5. The minimum Gasteiger partial charge on any atom is -0.463 e. The molecule has 1 rings (SSSR count). The third kappa shape index (κ3) is 7.08. The molecule has 1 aliphatic rings. The van der Waals surface area contributed by atoms with Gasteiger partial charge < -0.3 is 21.2 Å². The van der Waals surface area contributed by atoms with Gasteiger partial charge >= 0.3 is 32.4 Å². The van der Waals surface area contributed by atoms with Crippen LogP contribution in [0, 0.1) is 0 Å². The molecule has 20 heavy (non-hydrogen) atoms. The first-order valence-electron chi connectivity index (χ1n) is 6.67. The zero-order chi connectivity index (χ0) is 15.2. The van der Waals surface area contributed by atoms with Crippen molar-refractivity contribution in [3.05, 3.63) is 12.7 Å². The Balaban J connectivity index is 2.39. The van der Waals surface area contributed by atoms with Crippen molar-refractivity contribution >= 4 is 42.4 Å². The molecular formula is C10H24O6Si4. The van der Waals surface area contributed by atoms with Gasteiger partial charge in [-0.15, -0.1) is 0 Å². The summed E-state index contributed by atoms with van der Waals surface area (Å²) in [6.07, 6.45) is 1.90. The van der Waals surface area contributed by atoms with Crippen LogP contribution in [0.2, 0.25) is 32.2 Å². The number of ether oxygens (including phenoxy) is 1. The van der Waals surface area contributed by atoms with Gasteiger partial charge in [0.2, 0.25) is 0 Å². The first kappa shape index (κ1) is 18.0. The van der Waals surface area contributed by atoms with E-state index in [1.807, 2.05) is 26.2 Å². The first-order valence-corrected chi connectivity index (χ1v) is 15.2. The number of carbonyl (C=O) groups is 1. The topological polar surface area (TPSA) is 63.2 Å². The summed E-state index contributed by atoms with van der Waals surface area (Å²) in [7, 11) is -7.08. The van der Waals surface area contributed by atoms with Crippen LogP contribution in [0.1, 0.15) is 6.42 Å². The maximum Gasteiger partial charge on any atom is 0.330 e. The van der Waals surface area contributed by atoms with E-state index >= 15 is 0 Å². The van der Waals surface area contributed by atoms with E-state index in [0.717, 1.165) is 18.5 Å². The largest absolute Gasteiger partial charge is 0.463 e. The maximum absolute atomic E-state index is 10.9. The van der Waals surface area contributed by atoms with Crippen molar-refractivity contribution < 1.29 is 26.0 Å². The van der Waals surface area contributed by atoms with Gasteiger partial charge in [0, 0.05) is 6.08 Å². The summed E-state index contributed by atoms with van der Waals surface area (Å²) < 4.78 is 28.8. The monoisotopic (exact) mass is 352 g/mol. The molecule has 6 nitrogen and oxygen atoms in total. The van der Waals surface area contributed by atoms with Crippen molar-refractivity contribution in [2.45, 2.75) is 38.7 Å². The van der Waals surface area contributed by atoms with Crippen LogP contribution in [0.5, 0.6) is 0 Å². The molecule has 1 saturated heterocycles. The summed E-state index contributed by atoms with van der Waals surface area (Å²) in [5.41, 5.74) is 0. The molecule has 0 aromatic heterocycles. The highest BCUT2D eigenvalue weighted by Crippen LogP contribution is 2.21. The van der Waals surface area contributed by atoms with Crippen molar-refractivity contribution in [2.24, 2.45) is 0 Å². The predicted molar refractivity (Wildman–Crippen MR) is 85.6 cm³/mol. The second kappa shape index (κ2) is 7.79. The van der Waals surface area contributed by atoms with Gasteiger partial charge in [0.1, 0.15) is 0 Å². The van der Waals surface area contributed by atoms with Gasteiger partial charge in [-0.2, -0.15) is 0 Å². The van der Waals surface area contributed by atoms with E-state index < -0.39 is 42.4 Å². The Morgan fingerprint density at radius 3 is 2.70 bits per heavy atom. The summed E-state index contributed by atoms with van der Waals surface area (Å²) in [5.74, 6) is -0.394. The molecule has 0 amide bonds. The number of hydrogen-bond donors (Lipinski definition) is 0. The normalized spacial score (nSPS) is 26.5. The quantitative estimate of drug-likeness (QED) is 0.316. The SMILES string of the molecule is C=CC(=O)OCCC[SiH]1O[SiH2]O[Si](C)(C)O[Si](C)(C)O1. The smallest absolute Gasteiger partial charge is 0.330 e. The Hall–Kier alpha value is -0.0825. The Labute approximate surface area is 126 Å². The minimum absolute atomic E-state index is 0.368. The molecule has 1 aliphatic heterocycles. The van der Waals surface area contributed by atoms with E-state index in [9.17, 15) is 4.79 Å². The van der Waals surface area contributed by atoms with E-state index in [0.29, 0.717) is 6.61 Å². The third-order valence-corrected chi connectivity index (χ3v) is 16.0. The Morgan fingerprint density at radius 2 is 2.05 bits per heavy atom. The Kier molecular flexibility index (Phi) is 7.00. The lowest BCUT2D eigenvalue weighted by Crippen LogP contribution is -2.55. The molecule has 116 valence electrons. The van der Waals surface area contributed by atoms with Crippen LogP contribution in [0.4, 0.5) is 0 Å². The van der Waals surface area contributed by atoms with Crippen molar-refractivity contribution in [3.63, 3.8) is 0 Å². The lowest BCUT2D eigenvalue weighted by Gasteiger charge is -2.38. The predicted octanol–water partition coefficient (Wildman–Crippen LogP) is 0.809. The Bertz CT molecular complexity index is 349. The van der Waals surface area contributed by atoms with E-state index in [-0.39, 0.29) is 0 Å². The summed E-state index contributed by atoms with van der Waals surface area (Å²) >= 11 is 0. The molecule has 0 radical (unpaired) electrons. The van der Waals surface area contributed by atoms with Crippen LogP contribution in [-0.4, -0.2) is 49.0 Å². The lowest BCUT2D eigenvalue weighted by molar-refractivity contribution is -0.137. The molecule has 10 heteroatoms. The van der Waals surface area contributed by atoms with Gasteiger partial charge in [-0.05, 0) is 38.7 Å². The molecule has 0 aliphatic carbocycles. The van der Waals surface area contributed by atoms with Gasteiger partial charge in [-0.1, -0.05) is 6.58 Å². The van der Waals surface area contributed by atoms with Crippen molar-refractivity contribution in [2.75, 3.05) is 6.61 Å². The number of esters is 1. The van der Waals surface area contributed by atoms with Crippen LogP contribution in [0.25, 0.3) is 0 Å². The second-order valence-corrected chi connectivity index (χ2v) is 16.9. The molecule has 0 aromatic carbocycles. The maximum atomic E-state index is 10.9. The molecule has 0 N–H and O–H groups in total. The van der Waals surface area contributed by atoms with E-state index in [2.05, 4.69) is 6.58 Å². The summed E-state index contributed by atoms with van der Waals surface area (Å²) in [4.78, 5) is 10.9. The Morgan fingerprint density at radius 1 is 1.35 bits per heavy atom. The second-order valence-electron chi connectivity index (χ2n) is 5.39. The zero-order valence-electron chi connectivity index (χ0n) is 12.6. The highest BCUT2D eigenvalue weighted by atomic mass is 28.5. The molecule has 0 spiro atoms. The van der Waals surface area contributed by atoms with Gasteiger partial charge in [0.25, 0.3) is 10.0 Å². The standard InChI is InChI=1S/C10H24O6Si4/c1-6-10(11)12-8-7-9-18-13-17-14-19(2,3)16-20(4,5)15-18/h6,18H,1,7-9,17H2,2-5H3. The minimum atomic E-state index is -2.19. The highest BCUT2D eigenvalue weighted by Gasteiger charge is 2.40. The highest BCUT2D eigenvalue weighted by molar-refractivity contribution is 6.84. The number of hydrogen-bond acceptors (Lipinski definition) is 6. The third-order valence-electron chi connectivity index (χ3n) is 2.56. The van der Waals surface area contributed by atoms with Crippen LogP contribution in [0.3, 0.4) is 0 Å². The van der Waals surface area contributed by atoms with Crippen LogP contribution >= 0.6 is 0 Å². The fraction of sp³-hybridized carbons (Fsp3) is 0.700. The van der Waals surface area contributed by atoms with Crippen LogP contribution < -0.4 is 0 Å². The van der Waals surface area contributed by atoms with Crippen LogP contribution in [0.15, 0.2) is 12.7 Å². The van der Waals surface area contributed by atoms with Crippen molar-refractivity contribution in [1.82, 2.24) is 0 Å². The van der Waals surface area contributed by atoms with Gasteiger partial charge in [0.15, 0.2) is 0 Å². The molecule has 0 saturated carbocycles. The van der Waals surface area contributed by atoms with Gasteiger partial charge in [-0.25, -0.2) is 4.79 Å². The molecule has 0 bridgehead atoms. The van der Waals surface area contributed by atoms with Gasteiger partial charge in [-0.3, -0.25) is 0 Å². The zero-order valence-corrected chi connectivity index (χ0v) is 17.2. The van der Waals surface area contributed by atoms with Crippen molar-refractivity contribution in [3.8, 4) is 0 Å². The molecule has 1 unspecified atom stereocenters.